The van der Waals surface area contributed by atoms with Gasteiger partial charge >= 0.3 is 5.97 Å². The molecule has 0 aliphatic carbocycles. The second-order valence-electron chi connectivity index (χ2n) is 3.92. The van der Waals surface area contributed by atoms with E-state index in [2.05, 4.69) is 0 Å². The summed E-state index contributed by atoms with van der Waals surface area (Å²) in [7, 11) is 1.33. The van der Waals surface area contributed by atoms with E-state index in [9.17, 15) is 4.79 Å². The molecule has 0 aliphatic heterocycles. The van der Waals surface area contributed by atoms with Gasteiger partial charge in [-0.25, -0.2) is 4.79 Å². The number of rotatable bonds is 2. The van der Waals surface area contributed by atoms with E-state index in [-0.39, 0.29) is 0 Å². The lowest BCUT2D eigenvalue weighted by Crippen LogP contribution is -2.04. The number of benzene rings is 2. The summed E-state index contributed by atoms with van der Waals surface area (Å²) in [6.07, 6.45) is 0. The first kappa shape index (κ1) is 13.7. The lowest BCUT2D eigenvalue weighted by Gasteiger charge is -2.11. The molecule has 2 aromatic carbocycles. The number of nitrogen functional groups attached to an aromatic ring is 1. The molecule has 0 aliphatic rings. The molecule has 0 aromatic heterocycles. The molecule has 0 saturated heterocycles. The van der Waals surface area contributed by atoms with Crippen LogP contribution in [-0.4, -0.2) is 13.1 Å². The van der Waals surface area contributed by atoms with Gasteiger partial charge in [-0.1, -0.05) is 29.3 Å². The van der Waals surface area contributed by atoms with E-state index >= 15 is 0 Å². The molecule has 2 N–H and O–H groups in total. The van der Waals surface area contributed by atoms with Gasteiger partial charge < -0.3 is 10.5 Å². The largest absolute Gasteiger partial charge is 0.465 e. The van der Waals surface area contributed by atoms with Crippen molar-refractivity contribution in [3.05, 3.63) is 52.0 Å². The lowest BCUT2D eigenvalue weighted by molar-refractivity contribution is 0.0601. The molecular weight excluding hydrogens is 285 g/mol. The van der Waals surface area contributed by atoms with Gasteiger partial charge in [-0.05, 0) is 35.9 Å². The van der Waals surface area contributed by atoms with Crippen LogP contribution in [0, 0.1) is 0 Å². The first-order valence-electron chi connectivity index (χ1n) is 5.46. The van der Waals surface area contributed by atoms with E-state index in [0.29, 0.717) is 32.4 Å². The van der Waals surface area contributed by atoms with Gasteiger partial charge in [-0.3, -0.25) is 0 Å². The highest BCUT2D eigenvalue weighted by atomic mass is 35.5. The van der Waals surface area contributed by atoms with Crippen LogP contribution >= 0.6 is 23.2 Å². The maximum Gasteiger partial charge on any atom is 0.338 e. The zero-order valence-electron chi connectivity index (χ0n) is 10.1. The molecule has 3 nitrogen and oxygen atoms in total. The summed E-state index contributed by atoms with van der Waals surface area (Å²) in [5.74, 6) is -0.444. The number of nitrogens with two attached hydrogens (primary N) is 1. The number of anilines is 1. The van der Waals surface area contributed by atoms with Crippen LogP contribution in [0.15, 0.2) is 36.4 Å². The van der Waals surface area contributed by atoms with Crippen LogP contribution in [0.3, 0.4) is 0 Å². The van der Waals surface area contributed by atoms with Gasteiger partial charge in [0.15, 0.2) is 0 Å². The van der Waals surface area contributed by atoms with Crippen molar-refractivity contribution < 1.29 is 9.53 Å². The molecule has 0 unspecified atom stereocenters. The maximum absolute atomic E-state index is 11.8. The SMILES string of the molecule is COC(=O)c1ccc(N)cc1-c1ccc(Cl)cc1Cl. The monoisotopic (exact) mass is 295 g/mol. The molecule has 2 aromatic rings. The predicted molar refractivity (Wildman–Crippen MR) is 77.6 cm³/mol. The number of hydrogen-bond donors (Lipinski definition) is 1. The van der Waals surface area contributed by atoms with Gasteiger partial charge in [-0.2, -0.15) is 0 Å². The fourth-order valence-corrected chi connectivity index (χ4v) is 2.29. The van der Waals surface area contributed by atoms with Gasteiger partial charge in [-0.15, -0.1) is 0 Å². The van der Waals surface area contributed by atoms with Crippen molar-refractivity contribution in [2.24, 2.45) is 0 Å². The van der Waals surface area contributed by atoms with Crippen molar-refractivity contribution in [2.75, 3.05) is 12.8 Å². The number of halogens is 2. The Morgan fingerprint density at radius 3 is 2.47 bits per heavy atom. The van der Waals surface area contributed by atoms with Gasteiger partial charge in [0.1, 0.15) is 0 Å². The maximum atomic E-state index is 11.8. The van der Waals surface area contributed by atoms with Crippen molar-refractivity contribution in [3.63, 3.8) is 0 Å². The van der Waals surface area contributed by atoms with Crippen molar-refractivity contribution in [1.82, 2.24) is 0 Å². The molecule has 0 fully saturated rings. The summed E-state index contributed by atoms with van der Waals surface area (Å²) >= 11 is 12.0. The second kappa shape index (κ2) is 5.51. The standard InChI is InChI=1S/C14H11Cl2NO2/c1-19-14(18)11-5-3-9(17)7-12(11)10-4-2-8(15)6-13(10)16/h2-7H,17H2,1H3. The minimum atomic E-state index is -0.444. The Balaban J connectivity index is 2.66. The highest BCUT2D eigenvalue weighted by molar-refractivity contribution is 6.36. The molecule has 0 spiro atoms. The van der Waals surface area contributed by atoms with Crippen LogP contribution in [0.25, 0.3) is 11.1 Å². The van der Waals surface area contributed by atoms with Crippen molar-refractivity contribution in [2.45, 2.75) is 0 Å². The van der Waals surface area contributed by atoms with Crippen LogP contribution in [-0.2, 0) is 4.74 Å². The first-order valence-corrected chi connectivity index (χ1v) is 6.22. The number of esters is 1. The number of methoxy groups -OCH3 is 1. The highest BCUT2D eigenvalue weighted by Gasteiger charge is 2.15. The molecule has 0 bridgehead atoms. The fraction of sp³-hybridized carbons (Fsp3) is 0.0714. The van der Waals surface area contributed by atoms with Gasteiger partial charge in [0, 0.05) is 21.3 Å². The predicted octanol–water partition coefficient (Wildman–Crippen LogP) is 4.03. The Hall–Kier alpha value is -1.71. The Bertz CT molecular complexity index is 641. The van der Waals surface area contributed by atoms with Gasteiger partial charge in [0.2, 0.25) is 0 Å². The molecule has 2 rings (SSSR count). The fourth-order valence-electron chi connectivity index (χ4n) is 1.78. The first-order chi connectivity index (χ1) is 9.02. The number of carbonyl (C=O) groups is 1. The van der Waals surface area contributed by atoms with E-state index < -0.39 is 5.97 Å². The topological polar surface area (TPSA) is 52.3 Å². The summed E-state index contributed by atoms with van der Waals surface area (Å²) in [6.45, 7) is 0. The molecule has 0 saturated carbocycles. The van der Waals surface area contributed by atoms with Crippen molar-refractivity contribution in [1.29, 1.82) is 0 Å². The molecule has 0 radical (unpaired) electrons. The number of hydrogen-bond acceptors (Lipinski definition) is 3. The van der Waals surface area contributed by atoms with E-state index in [0.717, 1.165) is 0 Å². The van der Waals surface area contributed by atoms with Crippen LogP contribution in [0.4, 0.5) is 5.69 Å². The van der Waals surface area contributed by atoms with E-state index in [1.807, 2.05) is 0 Å². The average molecular weight is 296 g/mol. The zero-order valence-corrected chi connectivity index (χ0v) is 11.6. The van der Waals surface area contributed by atoms with Crippen LogP contribution in [0.1, 0.15) is 10.4 Å². The Morgan fingerprint density at radius 1 is 1.11 bits per heavy atom. The average Bonchev–Trinajstić information content (AvgIpc) is 2.38. The van der Waals surface area contributed by atoms with E-state index in [1.54, 1.807) is 36.4 Å². The molecule has 0 heterocycles. The summed E-state index contributed by atoms with van der Waals surface area (Å²) < 4.78 is 4.75. The van der Waals surface area contributed by atoms with Crippen LogP contribution in [0.5, 0.6) is 0 Å². The Kier molecular flexibility index (Phi) is 3.98. The molecule has 0 atom stereocenters. The third-order valence-electron chi connectivity index (χ3n) is 2.67. The van der Waals surface area contributed by atoms with Crippen LogP contribution < -0.4 is 5.73 Å². The third-order valence-corrected chi connectivity index (χ3v) is 3.22. The molecule has 0 amide bonds. The van der Waals surface area contributed by atoms with E-state index in [1.165, 1.54) is 7.11 Å². The molecule has 98 valence electrons. The Morgan fingerprint density at radius 2 is 1.84 bits per heavy atom. The van der Waals surface area contributed by atoms with Gasteiger partial charge in [0.25, 0.3) is 0 Å². The quantitative estimate of drug-likeness (QED) is 0.672. The van der Waals surface area contributed by atoms with Crippen molar-refractivity contribution in [3.8, 4) is 11.1 Å². The minimum absolute atomic E-state index is 0.404. The summed E-state index contributed by atoms with van der Waals surface area (Å²) in [5, 5.41) is 0.973. The smallest absolute Gasteiger partial charge is 0.338 e. The van der Waals surface area contributed by atoms with E-state index in [4.69, 9.17) is 33.7 Å². The molecule has 5 heteroatoms. The zero-order chi connectivity index (χ0) is 14.0. The van der Waals surface area contributed by atoms with Crippen molar-refractivity contribution >= 4 is 34.9 Å². The number of carbonyl (C=O) groups excluding carboxylic acids is 1. The molecular formula is C14H11Cl2NO2. The second-order valence-corrected chi connectivity index (χ2v) is 4.76. The van der Waals surface area contributed by atoms with Gasteiger partial charge in [0.05, 0.1) is 12.7 Å². The lowest BCUT2D eigenvalue weighted by atomic mass is 9.99. The van der Waals surface area contributed by atoms with Crippen LogP contribution in [0.2, 0.25) is 10.0 Å². The minimum Gasteiger partial charge on any atom is -0.465 e. The number of ether oxygens (including phenoxy) is 1. The summed E-state index contributed by atoms with van der Waals surface area (Å²) in [5.41, 5.74) is 8.00. The Labute approximate surface area is 120 Å². The summed E-state index contributed by atoms with van der Waals surface area (Å²) in [6, 6.07) is 9.99. The normalized spacial score (nSPS) is 10.3. The molecule has 19 heavy (non-hydrogen) atoms. The summed E-state index contributed by atoms with van der Waals surface area (Å²) in [4.78, 5) is 11.8. The third kappa shape index (κ3) is 2.83. The highest BCUT2D eigenvalue weighted by Crippen LogP contribution is 2.34.